The molecule has 1 aliphatic heterocycles. The Morgan fingerprint density at radius 2 is 1.61 bits per heavy atom. The van der Waals surface area contributed by atoms with Crippen LogP contribution in [0.15, 0.2) is 48.5 Å². The van der Waals surface area contributed by atoms with Crippen molar-refractivity contribution in [2.75, 3.05) is 40.9 Å². The lowest BCUT2D eigenvalue weighted by Gasteiger charge is -2.48. The molecule has 1 unspecified atom stereocenters. The summed E-state index contributed by atoms with van der Waals surface area (Å²) >= 11 is 0. The summed E-state index contributed by atoms with van der Waals surface area (Å²) in [6.07, 6.45) is 0.538. The largest absolute Gasteiger partial charge is 0.497 e. The summed E-state index contributed by atoms with van der Waals surface area (Å²) < 4.78 is 11.2. The zero-order valence-electron chi connectivity index (χ0n) is 17.1. The van der Waals surface area contributed by atoms with Gasteiger partial charge in [-0.25, -0.2) is 0 Å². The SMILES string of the molecule is CC[N+]1(C)CC[C@](O)(c2ccc(OC)cc2)[C@H](C(=O)c2ccc(OC)cc2)C1. The molecule has 5 heteroatoms. The fraction of sp³-hybridized carbons (Fsp3) is 0.435. The molecule has 2 aromatic carbocycles. The number of carbonyl (C=O) groups is 1. The number of aliphatic hydroxyl groups is 1. The van der Waals surface area contributed by atoms with Crippen molar-refractivity contribution < 1.29 is 23.9 Å². The normalized spacial score (nSPS) is 27.2. The number of Topliss-reactive ketones (excluding diaryl/α,β-unsaturated/α-hetero) is 1. The second-order valence-electron chi connectivity index (χ2n) is 7.89. The zero-order valence-corrected chi connectivity index (χ0v) is 17.1. The summed E-state index contributed by atoms with van der Waals surface area (Å²) in [5.41, 5.74) is 0.167. The van der Waals surface area contributed by atoms with E-state index >= 15 is 0 Å². The number of hydrogen-bond donors (Lipinski definition) is 1. The van der Waals surface area contributed by atoms with Gasteiger partial charge in [0.2, 0.25) is 0 Å². The highest BCUT2D eigenvalue weighted by molar-refractivity contribution is 5.99. The fourth-order valence-corrected chi connectivity index (χ4v) is 4.07. The number of rotatable bonds is 6. The molecule has 2 aromatic rings. The van der Waals surface area contributed by atoms with Crippen LogP contribution in [0.3, 0.4) is 0 Å². The Labute approximate surface area is 167 Å². The van der Waals surface area contributed by atoms with Crippen LogP contribution in [-0.4, -0.2) is 56.3 Å². The molecule has 0 radical (unpaired) electrons. The highest BCUT2D eigenvalue weighted by atomic mass is 16.5. The van der Waals surface area contributed by atoms with E-state index in [4.69, 9.17) is 9.47 Å². The van der Waals surface area contributed by atoms with E-state index in [2.05, 4.69) is 14.0 Å². The van der Waals surface area contributed by atoms with Gasteiger partial charge >= 0.3 is 0 Å². The van der Waals surface area contributed by atoms with Crippen LogP contribution < -0.4 is 9.47 Å². The van der Waals surface area contributed by atoms with Crippen molar-refractivity contribution in [3.8, 4) is 11.5 Å². The first-order valence-electron chi connectivity index (χ1n) is 9.74. The molecule has 0 spiro atoms. The second kappa shape index (κ2) is 7.94. The molecular weight excluding hydrogens is 354 g/mol. The number of hydrogen-bond acceptors (Lipinski definition) is 4. The number of ether oxygens (including phenoxy) is 2. The molecule has 1 aliphatic rings. The maximum Gasteiger partial charge on any atom is 0.174 e. The third-order valence-corrected chi connectivity index (χ3v) is 6.28. The quantitative estimate of drug-likeness (QED) is 0.614. The van der Waals surface area contributed by atoms with Crippen LogP contribution in [0.25, 0.3) is 0 Å². The van der Waals surface area contributed by atoms with Crippen molar-refractivity contribution >= 4 is 5.78 Å². The summed E-state index contributed by atoms with van der Waals surface area (Å²) in [5, 5.41) is 11.7. The number of likely N-dealkylation sites (tertiary alicyclic amines) is 1. The average molecular weight is 384 g/mol. The molecule has 3 rings (SSSR count). The van der Waals surface area contributed by atoms with Gasteiger partial charge in [0.15, 0.2) is 5.78 Å². The Balaban J connectivity index is 1.99. The Morgan fingerprint density at radius 1 is 1.07 bits per heavy atom. The van der Waals surface area contributed by atoms with Gasteiger partial charge in [0.25, 0.3) is 0 Å². The molecule has 0 bridgehead atoms. The van der Waals surface area contributed by atoms with Crippen molar-refractivity contribution in [2.45, 2.75) is 18.9 Å². The molecule has 150 valence electrons. The first-order valence-corrected chi connectivity index (χ1v) is 9.74. The standard InChI is InChI=1S/C23H30NO4/c1-5-24(2)15-14-23(26,18-8-12-20(28-4)13-9-18)21(16-24)22(25)17-6-10-19(27-3)11-7-17/h6-13,21,26H,5,14-16H2,1-4H3/q+1/t21-,23-,24?/m0/s1. The molecule has 1 saturated heterocycles. The Bertz CT molecular complexity index is 818. The van der Waals surface area contributed by atoms with E-state index in [0.717, 1.165) is 28.9 Å². The van der Waals surface area contributed by atoms with Crippen LogP contribution in [0.1, 0.15) is 29.3 Å². The van der Waals surface area contributed by atoms with Crippen LogP contribution in [-0.2, 0) is 5.60 Å². The van der Waals surface area contributed by atoms with Gasteiger partial charge in [0, 0.05) is 12.0 Å². The minimum atomic E-state index is -1.20. The van der Waals surface area contributed by atoms with Gasteiger partial charge < -0.3 is 19.1 Å². The average Bonchev–Trinajstić information content (AvgIpc) is 2.75. The summed E-state index contributed by atoms with van der Waals surface area (Å²) in [7, 11) is 5.37. The lowest BCUT2D eigenvalue weighted by atomic mass is 9.72. The van der Waals surface area contributed by atoms with E-state index in [1.165, 1.54) is 0 Å². The summed E-state index contributed by atoms with van der Waals surface area (Å²) in [6.45, 7) is 4.48. The number of quaternary nitrogens is 1. The summed E-state index contributed by atoms with van der Waals surface area (Å²) in [6, 6.07) is 14.5. The third kappa shape index (κ3) is 3.77. The van der Waals surface area contributed by atoms with Crippen molar-refractivity contribution in [1.29, 1.82) is 0 Å². The molecule has 0 aliphatic carbocycles. The number of methoxy groups -OCH3 is 2. The predicted molar refractivity (Wildman–Crippen MR) is 109 cm³/mol. The van der Waals surface area contributed by atoms with E-state index in [1.54, 1.807) is 38.5 Å². The molecular formula is C23H30NO4+. The summed E-state index contributed by atoms with van der Waals surface area (Å²) in [4.78, 5) is 13.5. The first-order chi connectivity index (χ1) is 13.3. The molecule has 0 amide bonds. The lowest BCUT2D eigenvalue weighted by molar-refractivity contribution is -0.917. The van der Waals surface area contributed by atoms with Gasteiger partial charge in [0.1, 0.15) is 23.0 Å². The van der Waals surface area contributed by atoms with Crippen LogP contribution in [0.5, 0.6) is 11.5 Å². The topological polar surface area (TPSA) is 55.8 Å². The van der Waals surface area contributed by atoms with Crippen LogP contribution in [0, 0.1) is 5.92 Å². The van der Waals surface area contributed by atoms with E-state index in [0.29, 0.717) is 24.3 Å². The van der Waals surface area contributed by atoms with Crippen molar-refractivity contribution in [2.24, 2.45) is 5.92 Å². The molecule has 1 fully saturated rings. The van der Waals surface area contributed by atoms with Crippen molar-refractivity contribution in [1.82, 2.24) is 0 Å². The maximum absolute atomic E-state index is 13.5. The Hall–Kier alpha value is -2.37. The number of benzene rings is 2. The van der Waals surface area contributed by atoms with E-state index in [-0.39, 0.29) is 5.78 Å². The highest BCUT2D eigenvalue weighted by Crippen LogP contribution is 2.41. The van der Waals surface area contributed by atoms with Crippen molar-refractivity contribution in [3.63, 3.8) is 0 Å². The minimum Gasteiger partial charge on any atom is -0.497 e. The number of carbonyl (C=O) groups excluding carboxylic acids is 1. The van der Waals surface area contributed by atoms with Crippen molar-refractivity contribution in [3.05, 3.63) is 59.7 Å². The zero-order chi connectivity index (χ0) is 20.4. The van der Waals surface area contributed by atoms with E-state index in [9.17, 15) is 9.90 Å². The van der Waals surface area contributed by atoms with E-state index in [1.807, 2.05) is 24.3 Å². The molecule has 3 atom stereocenters. The monoisotopic (exact) mass is 384 g/mol. The summed E-state index contributed by atoms with van der Waals surface area (Å²) in [5.74, 6) is 0.890. The first kappa shape index (κ1) is 20.4. The molecule has 0 saturated carbocycles. The highest BCUT2D eigenvalue weighted by Gasteiger charge is 2.51. The van der Waals surface area contributed by atoms with Gasteiger partial charge in [-0.05, 0) is 48.9 Å². The van der Waals surface area contributed by atoms with Crippen LogP contribution in [0.2, 0.25) is 0 Å². The Kier molecular flexibility index (Phi) is 5.77. The van der Waals surface area contributed by atoms with Gasteiger partial charge in [-0.15, -0.1) is 0 Å². The number of piperidine rings is 1. The molecule has 28 heavy (non-hydrogen) atoms. The Morgan fingerprint density at radius 3 is 2.11 bits per heavy atom. The lowest BCUT2D eigenvalue weighted by Crippen LogP contribution is -2.60. The fourth-order valence-electron chi connectivity index (χ4n) is 4.07. The molecule has 1 N–H and O–H groups in total. The second-order valence-corrected chi connectivity index (χ2v) is 7.89. The van der Waals surface area contributed by atoms with Gasteiger partial charge in [-0.3, -0.25) is 4.79 Å². The molecule has 1 heterocycles. The molecule has 5 nitrogen and oxygen atoms in total. The third-order valence-electron chi connectivity index (χ3n) is 6.28. The van der Waals surface area contributed by atoms with Crippen LogP contribution in [0.4, 0.5) is 0 Å². The number of ketones is 1. The van der Waals surface area contributed by atoms with Gasteiger partial charge in [0.05, 0.1) is 40.9 Å². The van der Waals surface area contributed by atoms with Gasteiger partial charge in [-0.2, -0.15) is 0 Å². The smallest absolute Gasteiger partial charge is 0.174 e. The van der Waals surface area contributed by atoms with E-state index < -0.39 is 11.5 Å². The maximum atomic E-state index is 13.5. The minimum absolute atomic E-state index is 0.0292. The molecule has 0 aromatic heterocycles. The van der Waals surface area contributed by atoms with Gasteiger partial charge in [-0.1, -0.05) is 12.1 Å². The van der Waals surface area contributed by atoms with Crippen LogP contribution >= 0.6 is 0 Å². The number of nitrogens with zero attached hydrogens (tertiary/aromatic N) is 1. The predicted octanol–water partition coefficient (Wildman–Crippen LogP) is 3.26.